The fourth-order valence-corrected chi connectivity index (χ4v) is 9.31. The molecule has 0 aromatic rings. The summed E-state index contributed by atoms with van der Waals surface area (Å²) in [6.45, 7) is 32.2. The second-order valence-electron chi connectivity index (χ2n) is 18.7. The second-order valence-corrected chi connectivity index (χ2v) is 28.2. The van der Waals surface area contributed by atoms with Gasteiger partial charge in [0.05, 0.1) is 37.1 Å². The third-order valence-corrected chi connectivity index (χ3v) is 20.9. The zero-order valence-electron chi connectivity index (χ0n) is 34.0. The molecule has 0 aliphatic carbocycles. The number of carbonyl (C=O) groups excluding carboxylic acids is 1. The van der Waals surface area contributed by atoms with Crippen LogP contribution in [0.15, 0.2) is 60.3 Å². The van der Waals surface area contributed by atoms with Crippen LogP contribution in [-0.4, -0.2) is 78.0 Å². The van der Waals surface area contributed by atoms with Crippen LogP contribution in [0, 0.1) is 5.92 Å². The average molecular weight is 743 g/mol. The van der Waals surface area contributed by atoms with E-state index in [4.69, 9.17) is 27.8 Å². The summed E-state index contributed by atoms with van der Waals surface area (Å²) < 4.78 is 39.7. The summed E-state index contributed by atoms with van der Waals surface area (Å²) in [4.78, 5) is 13.6. The lowest BCUT2D eigenvalue weighted by Crippen LogP contribution is -2.48. The van der Waals surface area contributed by atoms with E-state index in [-0.39, 0.29) is 52.7 Å². The summed E-state index contributed by atoms with van der Waals surface area (Å²) in [6.07, 6.45) is 18.2. The molecule has 288 valence electrons. The number of fused-ring (bicyclic) bond motifs is 3. The van der Waals surface area contributed by atoms with Crippen molar-refractivity contribution >= 4 is 22.6 Å². The van der Waals surface area contributed by atoms with E-state index in [0.29, 0.717) is 25.4 Å². The van der Waals surface area contributed by atoms with Crippen LogP contribution in [0.5, 0.6) is 0 Å². The summed E-state index contributed by atoms with van der Waals surface area (Å²) in [5, 5.41) is 0.00915. The Morgan fingerprint density at radius 1 is 0.941 bits per heavy atom. The Morgan fingerprint density at radius 3 is 2.31 bits per heavy atom. The monoisotopic (exact) mass is 742 g/mol. The van der Waals surface area contributed by atoms with Crippen molar-refractivity contribution in [3.05, 3.63) is 60.3 Å². The topological polar surface area (TPSA) is 75.8 Å². The van der Waals surface area contributed by atoms with Crippen LogP contribution in [0.2, 0.25) is 36.3 Å². The van der Waals surface area contributed by atoms with Gasteiger partial charge < -0.3 is 27.8 Å². The first-order valence-electron chi connectivity index (χ1n) is 19.5. The quantitative estimate of drug-likeness (QED) is 0.111. The van der Waals surface area contributed by atoms with Crippen LogP contribution in [0.25, 0.3) is 0 Å². The summed E-state index contributed by atoms with van der Waals surface area (Å²) in [7, 11) is -4.43. The number of cyclic esters (lactones) is 1. The van der Waals surface area contributed by atoms with Crippen molar-refractivity contribution in [2.24, 2.45) is 5.92 Å². The number of epoxide rings is 1. The Morgan fingerprint density at radius 2 is 1.65 bits per heavy atom. The molecule has 2 bridgehead atoms. The predicted molar refractivity (Wildman–Crippen MR) is 213 cm³/mol. The van der Waals surface area contributed by atoms with Crippen LogP contribution in [0.1, 0.15) is 100 Å². The summed E-state index contributed by atoms with van der Waals surface area (Å²) >= 11 is 0. The summed E-state index contributed by atoms with van der Waals surface area (Å²) in [5.41, 5.74) is 2.50. The van der Waals surface area contributed by atoms with Gasteiger partial charge in [0.15, 0.2) is 16.6 Å². The Bertz CT molecular complexity index is 1320. The molecule has 4 aliphatic heterocycles. The van der Waals surface area contributed by atoms with E-state index in [1.165, 1.54) is 11.1 Å². The van der Waals surface area contributed by atoms with Crippen molar-refractivity contribution in [3.8, 4) is 0 Å². The van der Waals surface area contributed by atoms with Gasteiger partial charge in [-0.15, -0.1) is 0 Å². The van der Waals surface area contributed by atoms with E-state index in [9.17, 15) is 4.79 Å². The molecule has 0 N–H and O–H groups in total. The lowest BCUT2D eigenvalue weighted by Gasteiger charge is -2.40. The minimum atomic E-state index is -2.29. The second kappa shape index (κ2) is 17.3. The molecule has 0 spiro atoms. The molecule has 0 unspecified atom stereocenters. The van der Waals surface area contributed by atoms with Gasteiger partial charge in [-0.2, -0.15) is 0 Å². The van der Waals surface area contributed by atoms with Crippen LogP contribution < -0.4 is 0 Å². The maximum atomic E-state index is 13.6. The fraction of sp³-hybridized carbons (Fsp3) is 0.738. The third-order valence-electron chi connectivity index (χ3n) is 11.9. The number of carbonyl (C=O) groups is 1. The summed E-state index contributed by atoms with van der Waals surface area (Å²) in [6, 6.07) is 0. The van der Waals surface area contributed by atoms with E-state index < -0.39 is 28.8 Å². The number of rotatable bonds is 7. The number of hydrogen-bond donors (Lipinski definition) is 0. The third kappa shape index (κ3) is 12.5. The minimum absolute atomic E-state index is 0.0389. The molecule has 4 aliphatic rings. The molecule has 0 aromatic heterocycles. The molecular weight excluding hydrogens is 673 g/mol. The maximum absolute atomic E-state index is 13.6. The van der Waals surface area contributed by atoms with Gasteiger partial charge in [-0.25, -0.2) is 4.79 Å². The van der Waals surface area contributed by atoms with Crippen LogP contribution in [0.3, 0.4) is 0 Å². The zero-order valence-corrected chi connectivity index (χ0v) is 36.0. The lowest BCUT2D eigenvalue weighted by atomic mass is 9.91. The smallest absolute Gasteiger partial charge is 0.330 e. The van der Waals surface area contributed by atoms with Crippen molar-refractivity contribution in [3.63, 3.8) is 0 Å². The van der Waals surface area contributed by atoms with E-state index >= 15 is 0 Å². The highest BCUT2D eigenvalue weighted by Crippen LogP contribution is 2.44. The fourth-order valence-electron chi connectivity index (χ4n) is 6.71. The maximum Gasteiger partial charge on any atom is 0.330 e. The molecule has 9 heteroatoms. The SMILES string of the molecule is C=C1C[C@H](C)C[C@@H]2CC=C[C@@H](C/C=C/C(=O)O[C@H]([C@H](/C=C/[C@@H]3CC(C)=CCO3)O[Si](C)(C)C(C)(C)C)C[C@@H]3O[C@H]3[C@@H](O[Si](C)(C)C(C)(C)C)C1)O2. The van der Waals surface area contributed by atoms with Crippen LogP contribution in [-0.2, 0) is 32.6 Å². The van der Waals surface area contributed by atoms with E-state index in [2.05, 4.69) is 119 Å². The molecule has 9 atom stereocenters. The molecule has 1 fully saturated rings. The lowest BCUT2D eigenvalue weighted by molar-refractivity contribution is -0.147. The number of ether oxygens (including phenoxy) is 4. The van der Waals surface area contributed by atoms with Gasteiger partial charge in [0.2, 0.25) is 0 Å². The van der Waals surface area contributed by atoms with Gasteiger partial charge in [0.1, 0.15) is 18.3 Å². The molecule has 1 saturated heterocycles. The van der Waals surface area contributed by atoms with Crippen molar-refractivity contribution in [2.75, 3.05) is 6.61 Å². The zero-order chi connectivity index (χ0) is 37.8. The Labute approximate surface area is 312 Å². The van der Waals surface area contributed by atoms with Crippen LogP contribution >= 0.6 is 0 Å². The molecule has 51 heavy (non-hydrogen) atoms. The summed E-state index contributed by atoms with van der Waals surface area (Å²) in [5.74, 6) is 0.0518. The van der Waals surface area contributed by atoms with Gasteiger partial charge in [-0.1, -0.05) is 103 Å². The van der Waals surface area contributed by atoms with Gasteiger partial charge in [-0.3, -0.25) is 0 Å². The van der Waals surface area contributed by atoms with E-state index in [0.717, 1.165) is 32.1 Å². The highest BCUT2D eigenvalue weighted by Gasteiger charge is 2.52. The van der Waals surface area contributed by atoms with Gasteiger partial charge in [-0.05, 0) is 87.6 Å². The predicted octanol–water partition coefficient (Wildman–Crippen LogP) is 10.2. The standard InChI is InChI=1S/C42H70O7Si2/c1-29-22-23-44-33(25-29)20-21-35(48-50(10,11)41(4,5)6)36-28-37-40(47-37)38(49-51(12,13)42(7,8)9)27-31(3)24-30(2)26-34-18-14-16-32(45-34)17-15-19-39(43)46-36/h14-16,19-22,30,32-38,40H,3,17-18,23-28H2,1-2,4-13H3/b19-15+,21-20+/t30-,32-,33+,34-,35-,36-,37-,38-,40+/m0/s1. The molecule has 0 amide bonds. The number of esters is 1. The van der Waals surface area contributed by atoms with Gasteiger partial charge >= 0.3 is 5.97 Å². The highest BCUT2D eigenvalue weighted by atomic mass is 28.4. The Hall–Kier alpha value is -1.60. The molecular formula is C42H70O7Si2. The highest BCUT2D eigenvalue weighted by molar-refractivity contribution is 6.74. The van der Waals surface area contributed by atoms with Gasteiger partial charge in [0, 0.05) is 12.5 Å². The van der Waals surface area contributed by atoms with Gasteiger partial charge in [0.25, 0.3) is 0 Å². The van der Waals surface area contributed by atoms with Crippen molar-refractivity contribution in [2.45, 2.75) is 185 Å². The Kier molecular flexibility index (Phi) is 14.3. The number of hydrogen-bond acceptors (Lipinski definition) is 7. The normalized spacial score (nSPS) is 33.5. The first kappa shape index (κ1) is 42.1. The van der Waals surface area contributed by atoms with Crippen molar-refractivity contribution in [1.29, 1.82) is 0 Å². The first-order chi connectivity index (χ1) is 23.6. The average Bonchev–Trinajstić information content (AvgIpc) is 3.76. The molecule has 0 aromatic carbocycles. The molecule has 4 heterocycles. The molecule has 0 radical (unpaired) electrons. The van der Waals surface area contributed by atoms with Crippen LogP contribution in [0.4, 0.5) is 0 Å². The van der Waals surface area contributed by atoms with E-state index in [1.807, 2.05) is 6.08 Å². The largest absolute Gasteiger partial charge is 0.456 e. The molecule has 0 saturated carbocycles. The van der Waals surface area contributed by atoms with Crippen molar-refractivity contribution < 1.29 is 32.6 Å². The molecule has 4 rings (SSSR count). The minimum Gasteiger partial charge on any atom is -0.456 e. The first-order valence-corrected chi connectivity index (χ1v) is 25.3. The molecule has 7 nitrogen and oxygen atoms in total. The van der Waals surface area contributed by atoms with E-state index in [1.54, 1.807) is 6.08 Å². The Balaban J connectivity index is 1.68. The van der Waals surface area contributed by atoms with Crippen molar-refractivity contribution in [1.82, 2.24) is 0 Å².